The normalized spacial score (nSPS) is 11.8. The predicted molar refractivity (Wildman–Crippen MR) is 112 cm³/mol. The van der Waals surface area contributed by atoms with Crippen molar-refractivity contribution in [1.82, 2.24) is 10.6 Å². The fraction of sp³-hybridized carbons (Fsp3) is 0.238. The van der Waals surface area contributed by atoms with Crippen molar-refractivity contribution in [3.63, 3.8) is 0 Å². The number of hydrogen-bond donors (Lipinski definition) is 4. The maximum absolute atomic E-state index is 14.4. The number of amides is 2. The molecular formula is C21H23F2N5O3. The third-order valence-corrected chi connectivity index (χ3v) is 4.21. The van der Waals surface area contributed by atoms with E-state index in [-0.39, 0.29) is 17.9 Å². The second kappa shape index (κ2) is 10.3. The number of rotatable bonds is 9. The number of nitrogens with zero attached hydrogens (tertiary/aromatic N) is 1. The van der Waals surface area contributed by atoms with Crippen LogP contribution in [0.15, 0.2) is 59.6 Å². The van der Waals surface area contributed by atoms with Gasteiger partial charge in [-0.1, -0.05) is 30.3 Å². The van der Waals surface area contributed by atoms with Gasteiger partial charge < -0.3 is 22.1 Å². The maximum Gasteiger partial charge on any atom is 0.324 e. The summed E-state index contributed by atoms with van der Waals surface area (Å²) in [5, 5.41) is 4.31. The van der Waals surface area contributed by atoms with Gasteiger partial charge in [0.2, 0.25) is 11.7 Å². The highest BCUT2D eigenvalue weighted by Crippen LogP contribution is 2.20. The van der Waals surface area contributed by atoms with Crippen LogP contribution in [0.2, 0.25) is 0 Å². The van der Waals surface area contributed by atoms with E-state index in [1.807, 2.05) is 5.32 Å². The number of hydrogen-bond acceptors (Lipinski definition) is 4. The van der Waals surface area contributed by atoms with Crippen LogP contribution in [0, 0.1) is 0 Å². The summed E-state index contributed by atoms with van der Waals surface area (Å²) in [6.07, 6.45) is -0.199. The molecule has 164 valence electrons. The number of benzene rings is 2. The zero-order valence-corrected chi connectivity index (χ0v) is 16.8. The predicted octanol–water partition coefficient (Wildman–Crippen LogP) is 1.27. The Morgan fingerprint density at radius 2 is 1.65 bits per heavy atom. The minimum Gasteiger partial charge on any atom is -0.370 e. The zero-order valence-electron chi connectivity index (χ0n) is 16.8. The second-order valence-corrected chi connectivity index (χ2v) is 6.78. The van der Waals surface area contributed by atoms with Gasteiger partial charge in [0.1, 0.15) is 0 Å². The van der Waals surface area contributed by atoms with Crippen molar-refractivity contribution < 1.29 is 23.2 Å². The Bertz CT molecular complexity index is 959. The number of nitrogens with one attached hydrogen (secondary N) is 2. The van der Waals surface area contributed by atoms with E-state index >= 15 is 0 Å². The lowest BCUT2D eigenvalue weighted by Gasteiger charge is -2.23. The lowest BCUT2D eigenvalue weighted by molar-refractivity contribution is -0.145. The van der Waals surface area contributed by atoms with Gasteiger partial charge in [-0.2, -0.15) is 8.78 Å². The molecule has 0 fully saturated rings. The fourth-order valence-corrected chi connectivity index (χ4v) is 2.71. The Balaban J connectivity index is 2.26. The van der Waals surface area contributed by atoms with Crippen LogP contribution in [0.25, 0.3) is 0 Å². The van der Waals surface area contributed by atoms with Gasteiger partial charge in [0.15, 0.2) is 5.96 Å². The molecule has 0 heterocycles. The number of aliphatic imine (C=N–C) groups is 1. The lowest BCUT2D eigenvalue weighted by atomic mass is 9.97. The van der Waals surface area contributed by atoms with Gasteiger partial charge in [-0.25, -0.2) is 4.99 Å². The second-order valence-electron chi connectivity index (χ2n) is 6.78. The number of nitrogens with two attached hydrogens (primary N) is 2. The number of carbonyl (C=O) groups is 3. The van der Waals surface area contributed by atoms with Gasteiger partial charge in [0, 0.05) is 18.9 Å². The van der Waals surface area contributed by atoms with E-state index in [0.717, 1.165) is 6.92 Å². The van der Waals surface area contributed by atoms with Gasteiger partial charge in [0.25, 0.3) is 5.91 Å². The molecule has 0 radical (unpaired) electrons. The van der Waals surface area contributed by atoms with Crippen LogP contribution in [-0.4, -0.2) is 42.1 Å². The highest BCUT2D eigenvalue weighted by Gasteiger charge is 2.43. The largest absolute Gasteiger partial charge is 0.370 e. The number of halogens is 2. The van der Waals surface area contributed by atoms with Crippen LogP contribution in [0.3, 0.4) is 0 Å². The smallest absolute Gasteiger partial charge is 0.324 e. The molecule has 0 aliphatic carbocycles. The van der Waals surface area contributed by atoms with Gasteiger partial charge in [-0.05, 0) is 29.8 Å². The minimum atomic E-state index is -3.88. The van der Waals surface area contributed by atoms with Crippen LogP contribution in [-0.2, 0) is 16.0 Å². The average molecular weight is 431 g/mol. The molecule has 0 aliphatic heterocycles. The van der Waals surface area contributed by atoms with Crippen LogP contribution < -0.4 is 22.1 Å². The van der Waals surface area contributed by atoms with Gasteiger partial charge in [-0.15, -0.1) is 0 Å². The molecule has 6 N–H and O–H groups in total. The Labute approximate surface area is 177 Å². The Morgan fingerprint density at radius 3 is 2.19 bits per heavy atom. The molecular weight excluding hydrogens is 408 g/mol. The van der Waals surface area contributed by atoms with Crippen molar-refractivity contribution >= 4 is 29.2 Å². The van der Waals surface area contributed by atoms with Crippen LogP contribution in [0.4, 0.5) is 14.5 Å². The molecule has 8 nitrogen and oxygen atoms in total. The summed E-state index contributed by atoms with van der Waals surface area (Å²) in [5.74, 6) is -6.91. The van der Waals surface area contributed by atoms with Crippen molar-refractivity contribution in [3.8, 4) is 0 Å². The molecule has 2 aromatic carbocycles. The molecule has 0 saturated carbocycles. The first-order valence-corrected chi connectivity index (χ1v) is 9.29. The average Bonchev–Trinajstić information content (AvgIpc) is 2.73. The van der Waals surface area contributed by atoms with Crippen molar-refractivity contribution in [2.75, 3.05) is 6.54 Å². The van der Waals surface area contributed by atoms with E-state index in [0.29, 0.717) is 11.3 Å². The van der Waals surface area contributed by atoms with Crippen molar-refractivity contribution in [1.29, 1.82) is 0 Å². The highest BCUT2D eigenvalue weighted by molar-refractivity contribution is 6.00. The summed E-state index contributed by atoms with van der Waals surface area (Å²) < 4.78 is 28.9. The first-order valence-electron chi connectivity index (χ1n) is 9.29. The Kier molecular flexibility index (Phi) is 7.78. The molecule has 1 unspecified atom stereocenters. The highest BCUT2D eigenvalue weighted by atomic mass is 19.3. The van der Waals surface area contributed by atoms with Crippen molar-refractivity contribution in [2.24, 2.45) is 16.5 Å². The summed E-state index contributed by atoms with van der Waals surface area (Å²) >= 11 is 0. The monoisotopic (exact) mass is 431 g/mol. The molecule has 0 spiro atoms. The Hall–Kier alpha value is -3.82. The van der Waals surface area contributed by atoms with E-state index in [2.05, 4.69) is 10.3 Å². The SMILES string of the molecule is CC(=O)NCC(F)(F)C(=O)C(Cc1ccc(N=C(N)N)cc1)NC(=O)c1ccccc1. The topological polar surface area (TPSA) is 140 Å². The summed E-state index contributed by atoms with van der Waals surface area (Å²) in [6.45, 7) is -0.102. The number of ketones is 1. The van der Waals surface area contributed by atoms with Gasteiger partial charge in [-0.3, -0.25) is 14.4 Å². The first-order chi connectivity index (χ1) is 14.6. The van der Waals surface area contributed by atoms with Crippen LogP contribution >= 0.6 is 0 Å². The minimum absolute atomic E-state index is 0.145. The molecule has 2 aromatic rings. The Morgan fingerprint density at radius 1 is 1.03 bits per heavy atom. The number of alkyl halides is 2. The van der Waals surface area contributed by atoms with Crippen molar-refractivity contribution in [3.05, 3.63) is 65.7 Å². The van der Waals surface area contributed by atoms with E-state index in [9.17, 15) is 23.2 Å². The summed E-state index contributed by atoms with van der Waals surface area (Å²) in [7, 11) is 0. The summed E-state index contributed by atoms with van der Waals surface area (Å²) in [5.41, 5.74) is 11.8. The zero-order chi connectivity index (χ0) is 23.0. The molecule has 10 heteroatoms. The molecule has 0 aliphatic rings. The maximum atomic E-state index is 14.4. The third-order valence-electron chi connectivity index (χ3n) is 4.21. The van der Waals surface area contributed by atoms with Gasteiger partial charge >= 0.3 is 5.92 Å². The number of Topliss-reactive ketones (excluding diaryl/α,β-unsaturated/α-hetero) is 1. The van der Waals surface area contributed by atoms with E-state index in [4.69, 9.17) is 11.5 Å². The first kappa shape index (κ1) is 23.5. The van der Waals surface area contributed by atoms with E-state index in [1.165, 1.54) is 12.1 Å². The third kappa shape index (κ3) is 7.18. The molecule has 1 atom stereocenters. The fourth-order valence-electron chi connectivity index (χ4n) is 2.71. The van der Waals surface area contributed by atoms with Gasteiger partial charge in [0.05, 0.1) is 18.3 Å². The van der Waals surface area contributed by atoms with Crippen LogP contribution in [0.5, 0.6) is 0 Å². The summed E-state index contributed by atoms with van der Waals surface area (Å²) in [6, 6.07) is 12.6. The quantitative estimate of drug-likeness (QED) is 0.350. The van der Waals surface area contributed by atoms with Crippen LogP contribution in [0.1, 0.15) is 22.8 Å². The van der Waals surface area contributed by atoms with E-state index < -0.39 is 36.1 Å². The number of guanidine groups is 1. The molecule has 0 saturated heterocycles. The molecule has 0 aromatic heterocycles. The molecule has 0 bridgehead atoms. The molecule has 31 heavy (non-hydrogen) atoms. The van der Waals surface area contributed by atoms with E-state index in [1.54, 1.807) is 42.5 Å². The number of carbonyl (C=O) groups excluding carboxylic acids is 3. The summed E-state index contributed by atoms with van der Waals surface area (Å²) in [4.78, 5) is 39.9. The molecule has 2 amide bonds. The standard InChI is InChI=1S/C21H23F2N5O3/c1-13(29)26-12-21(22,23)18(30)17(28-19(31)15-5-3-2-4-6-15)11-14-7-9-16(10-8-14)27-20(24)25/h2-10,17H,11-12H2,1H3,(H,26,29)(H,28,31)(H4,24,25,27). The lowest BCUT2D eigenvalue weighted by Crippen LogP contribution is -2.53. The van der Waals surface area contributed by atoms with Crippen molar-refractivity contribution in [2.45, 2.75) is 25.3 Å². The molecule has 2 rings (SSSR count).